The third-order valence-electron chi connectivity index (χ3n) is 17.1. The van der Waals surface area contributed by atoms with E-state index in [0.29, 0.717) is 0 Å². The molecule has 11 amide bonds. The summed E-state index contributed by atoms with van der Waals surface area (Å²) in [7, 11) is 11.0. The fraction of sp³-hybridized carbons (Fsp3) is 0.788. The summed E-state index contributed by atoms with van der Waals surface area (Å²) in [5, 5.41) is 23.3. The van der Waals surface area contributed by atoms with Crippen molar-refractivity contribution in [3.05, 3.63) is 12.2 Å². The standard InChI is InChI=1S/C66H117N11O14S/c1-26-28-29-42(15)55(79)54-59(83)69-45(27-2)61(85)75(22)50(34-92-35-51(78)91-25)64(88)71(18)47(31-37(5)6)58(82)70-52(40(11)12)65(89)72(19)46(30-36(3)4)57(81)67-43(16)56(80)68-44(17)60(84)73(20)48(32-38(7)8)62(86)74(21)49(33-39(9)10)63(87)76(23)53(41(13)14)66(90)77(54)24/h26,28,36-50,52-55,79H,27,29-35H2,1-25H3,(H,67,81)(H,68,80)(H,69,83)(H,70,82)/b28-26+/t42-,43+,44-,45+,46+,47+,48+,49+,50?,52+,53+,54?,55-/m1/s1. The van der Waals surface area contributed by atoms with E-state index in [9.17, 15) is 33.9 Å². The molecule has 0 aromatic rings. The number of allylic oxidation sites excluding steroid dienone is 2. The quantitative estimate of drug-likeness (QED) is 0.0913. The number of nitrogens with zero attached hydrogens (tertiary/aromatic N) is 7. The third kappa shape index (κ3) is 23.6. The first-order valence-corrected chi connectivity index (χ1v) is 33.7. The van der Waals surface area contributed by atoms with Crippen molar-refractivity contribution >= 4 is 82.7 Å². The van der Waals surface area contributed by atoms with Crippen LogP contribution in [0.1, 0.15) is 156 Å². The van der Waals surface area contributed by atoms with E-state index in [2.05, 4.69) is 21.3 Å². The number of rotatable bonds is 19. The molecule has 0 bridgehead atoms. The first kappa shape index (κ1) is 83.7. The highest BCUT2D eigenvalue weighted by Gasteiger charge is 2.46. The van der Waals surface area contributed by atoms with Gasteiger partial charge in [0, 0.05) is 55.1 Å². The van der Waals surface area contributed by atoms with Crippen molar-refractivity contribution < 1.29 is 67.4 Å². The number of esters is 1. The van der Waals surface area contributed by atoms with Crippen LogP contribution in [-0.2, 0) is 62.3 Å². The van der Waals surface area contributed by atoms with E-state index in [1.807, 2.05) is 55.4 Å². The Balaban J connectivity index is 4.54. The van der Waals surface area contributed by atoms with Crippen LogP contribution in [0, 0.1) is 41.4 Å². The van der Waals surface area contributed by atoms with Crippen molar-refractivity contribution in [2.24, 2.45) is 41.4 Å². The Hall–Kier alpha value is -6.31. The lowest BCUT2D eigenvalue weighted by Gasteiger charge is -2.41. The van der Waals surface area contributed by atoms with Gasteiger partial charge in [-0.2, -0.15) is 0 Å². The molecular weight excluding hydrogens is 1200 g/mol. The molecule has 1 aliphatic heterocycles. The van der Waals surface area contributed by atoms with Gasteiger partial charge in [-0.1, -0.05) is 109 Å². The van der Waals surface area contributed by atoms with E-state index in [1.54, 1.807) is 60.6 Å². The Kier molecular flexibility index (Phi) is 35.3. The Bertz CT molecular complexity index is 2550. The number of aliphatic hydroxyl groups excluding tert-OH is 1. The number of nitrogens with one attached hydrogen (secondary N) is 4. The minimum atomic E-state index is -1.68. The Morgan fingerprint density at radius 2 is 0.891 bits per heavy atom. The zero-order valence-electron chi connectivity index (χ0n) is 60.1. The molecule has 1 fully saturated rings. The summed E-state index contributed by atoms with van der Waals surface area (Å²) in [5.41, 5.74) is 0. The predicted octanol–water partition coefficient (Wildman–Crippen LogP) is 3.54. The number of hydrogen-bond acceptors (Lipinski definition) is 15. The Labute approximate surface area is 553 Å². The minimum absolute atomic E-state index is 0.0585. The van der Waals surface area contributed by atoms with E-state index in [1.165, 1.54) is 94.8 Å². The molecule has 0 aliphatic carbocycles. The van der Waals surface area contributed by atoms with Gasteiger partial charge in [-0.25, -0.2) is 0 Å². The fourth-order valence-electron chi connectivity index (χ4n) is 11.3. The summed E-state index contributed by atoms with van der Waals surface area (Å²) in [6.45, 7) is 29.6. The van der Waals surface area contributed by atoms with Gasteiger partial charge in [0.05, 0.1) is 19.0 Å². The second kappa shape index (κ2) is 38.8. The number of ether oxygens (including phenoxy) is 1. The van der Waals surface area contributed by atoms with Crippen LogP contribution < -0.4 is 21.3 Å². The highest BCUT2D eigenvalue weighted by molar-refractivity contribution is 8.00. The number of amides is 11. The number of likely N-dealkylation sites (N-methyl/N-ethyl adjacent to an activating group) is 7. The molecule has 0 aromatic carbocycles. The lowest BCUT2D eigenvalue weighted by atomic mass is 9.91. The van der Waals surface area contributed by atoms with Gasteiger partial charge in [0.1, 0.15) is 66.5 Å². The van der Waals surface area contributed by atoms with Gasteiger partial charge in [0.15, 0.2) is 0 Å². The molecule has 1 saturated heterocycles. The van der Waals surface area contributed by atoms with Crippen LogP contribution in [-0.4, -0.2) is 251 Å². The van der Waals surface area contributed by atoms with Gasteiger partial charge >= 0.3 is 5.97 Å². The van der Waals surface area contributed by atoms with Gasteiger partial charge in [-0.3, -0.25) is 57.5 Å². The average Bonchev–Trinajstić information content (AvgIpc) is 0.814. The second-order valence-corrected chi connectivity index (χ2v) is 28.4. The normalized spacial score (nSPS) is 26.5. The summed E-state index contributed by atoms with van der Waals surface area (Å²) in [4.78, 5) is 184. The summed E-state index contributed by atoms with van der Waals surface area (Å²) in [6.07, 6.45) is 2.68. The maximum absolute atomic E-state index is 15.3. The topological polar surface area (TPSA) is 305 Å². The van der Waals surface area contributed by atoms with Crippen molar-refractivity contribution in [1.29, 1.82) is 0 Å². The molecule has 0 saturated carbocycles. The van der Waals surface area contributed by atoms with Crippen LogP contribution in [0.15, 0.2) is 12.2 Å². The zero-order valence-corrected chi connectivity index (χ0v) is 60.9. The van der Waals surface area contributed by atoms with Crippen molar-refractivity contribution in [3.8, 4) is 0 Å². The summed E-state index contributed by atoms with van der Waals surface area (Å²) >= 11 is 0.984. The molecule has 1 heterocycles. The minimum Gasteiger partial charge on any atom is -0.468 e. The molecular formula is C66H117N11O14S. The van der Waals surface area contributed by atoms with Gasteiger partial charge in [-0.15, -0.1) is 11.8 Å². The van der Waals surface area contributed by atoms with Crippen LogP contribution in [0.3, 0.4) is 0 Å². The number of thioether (sulfide) groups is 1. The summed E-state index contributed by atoms with van der Waals surface area (Å²) in [5.74, 6) is -11.5. The molecule has 13 atom stereocenters. The smallest absolute Gasteiger partial charge is 0.315 e. The van der Waals surface area contributed by atoms with Crippen LogP contribution >= 0.6 is 11.8 Å². The largest absolute Gasteiger partial charge is 0.468 e. The third-order valence-corrected chi connectivity index (χ3v) is 18.1. The predicted molar refractivity (Wildman–Crippen MR) is 357 cm³/mol. The Morgan fingerprint density at radius 1 is 0.489 bits per heavy atom. The molecule has 92 heavy (non-hydrogen) atoms. The Morgan fingerprint density at radius 3 is 1.34 bits per heavy atom. The molecule has 0 spiro atoms. The van der Waals surface area contributed by atoms with Crippen LogP contribution in [0.4, 0.5) is 0 Å². The second-order valence-electron chi connectivity index (χ2n) is 27.4. The number of carbonyl (C=O) groups is 12. The number of carbonyl (C=O) groups excluding carboxylic acids is 12. The van der Waals surface area contributed by atoms with Crippen molar-refractivity contribution in [1.82, 2.24) is 55.6 Å². The van der Waals surface area contributed by atoms with Gasteiger partial charge in [0.25, 0.3) is 0 Å². The van der Waals surface area contributed by atoms with Crippen LogP contribution in [0.25, 0.3) is 0 Å². The average molecular weight is 1320 g/mol. The van der Waals surface area contributed by atoms with E-state index in [4.69, 9.17) is 4.74 Å². The first-order valence-electron chi connectivity index (χ1n) is 32.6. The SMILES string of the molecule is C/C=C/C[C@@H](C)[C@@H](O)C1C(=O)N[C@@H](CC)C(=O)N(C)C(CSCC(=O)OC)C(=O)N(C)[C@@H](CC(C)C)C(=O)N[C@@H](C(C)C)C(=O)N(C)[C@@H](CC(C)C)C(=O)N[C@@H](C)C(=O)N[C@H](C)C(=O)N(C)[C@@H](CC(C)C)C(=O)N(C)[C@@H](CC(C)C)C(=O)N(C)[C@@H](C(C)C)C(=O)N1C. The highest BCUT2D eigenvalue weighted by atomic mass is 32.2. The monoisotopic (exact) mass is 1320 g/mol. The molecule has 526 valence electrons. The van der Waals surface area contributed by atoms with Crippen molar-refractivity contribution in [2.45, 2.75) is 229 Å². The van der Waals surface area contributed by atoms with Gasteiger partial charge in [-0.05, 0) is 101 Å². The molecule has 26 heteroatoms. The number of methoxy groups -OCH3 is 1. The molecule has 0 aromatic heterocycles. The summed E-state index contributed by atoms with van der Waals surface area (Å²) in [6, 6.07) is -14.3. The van der Waals surface area contributed by atoms with E-state index < -0.39 is 161 Å². The number of aliphatic hydroxyl groups is 1. The molecule has 1 rings (SSSR count). The van der Waals surface area contributed by atoms with Gasteiger partial charge < -0.3 is 65.4 Å². The molecule has 5 N–H and O–H groups in total. The molecule has 0 radical (unpaired) electrons. The molecule has 25 nitrogen and oxygen atoms in total. The maximum Gasteiger partial charge on any atom is 0.315 e. The molecule has 1 aliphatic rings. The fourth-order valence-corrected chi connectivity index (χ4v) is 12.3. The lowest BCUT2D eigenvalue weighted by molar-refractivity contribution is -0.157. The van der Waals surface area contributed by atoms with Gasteiger partial charge in [0.2, 0.25) is 65.0 Å². The number of hydrogen-bond donors (Lipinski definition) is 5. The highest BCUT2D eigenvalue weighted by Crippen LogP contribution is 2.26. The zero-order chi connectivity index (χ0) is 71.3. The van der Waals surface area contributed by atoms with Crippen LogP contribution in [0.5, 0.6) is 0 Å². The van der Waals surface area contributed by atoms with E-state index in [0.717, 1.165) is 21.6 Å². The first-order chi connectivity index (χ1) is 42.6. The van der Waals surface area contributed by atoms with Crippen molar-refractivity contribution in [2.75, 3.05) is 67.9 Å². The molecule has 2 unspecified atom stereocenters. The van der Waals surface area contributed by atoms with Crippen molar-refractivity contribution in [3.63, 3.8) is 0 Å². The maximum atomic E-state index is 15.3. The van der Waals surface area contributed by atoms with E-state index >= 15 is 28.8 Å². The van der Waals surface area contributed by atoms with E-state index in [-0.39, 0.29) is 73.7 Å². The lowest BCUT2D eigenvalue weighted by Crippen LogP contribution is -2.64. The summed E-state index contributed by atoms with van der Waals surface area (Å²) < 4.78 is 4.87. The van der Waals surface area contributed by atoms with Crippen LogP contribution in [0.2, 0.25) is 0 Å².